The summed E-state index contributed by atoms with van der Waals surface area (Å²) in [5, 5.41) is 4.48. The Morgan fingerprint density at radius 2 is 2.11 bits per heavy atom. The summed E-state index contributed by atoms with van der Waals surface area (Å²) < 4.78 is 46.5. The second kappa shape index (κ2) is 7.69. The van der Waals surface area contributed by atoms with Gasteiger partial charge in [-0.05, 0) is 53.6 Å². The average molecular weight is 493 g/mol. The predicted molar refractivity (Wildman–Crippen MR) is 103 cm³/mol. The number of hydrogen-bond donors (Lipinski definition) is 0. The summed E-state index contributed by atoms with van der Waals surface area (Å²) in [7, 11) is 0. The number of fused-ring (bicyclic) bond motifs is 1. The minimum absolute atomic E-state index is 0.0579. The molecule has 0 N–H and O–H groups in total. The number of hydrogen-bond acceptors (Lipinski definition) is 4. The third kappa shape index (κ3) is 3.92. The third-order valence-electron chi connectivity index (χ3n) is 4.50. The molecule has 5 nitrogen and oxygen atoms in total. The van der Waals surface area contributed by atoms with Gasteiger partial charge >= 0.3 is 12.1 Å². The lowest BCUT2D eigenvalue weighted by atomic mass is 10.1. The van der Waals surface area contributed by atoms with Gasteiger partial charge in [-0.3, -0.25) is 0 Å². The Balaban J connectivity index is 1.97. The average Bonchev–Trinajstić information content (AvgIpc) is 3.10. The van der Waals surface area contributed by atoms with E-state index in [4.69, 9.17) is 4.74 Å². The molecule has 0 radical (unpaired) electrons. The van der Waals surface area contributed by atoms with Gasteiger partial charge in [0.25, 0.3) is 0 Å². The molecule has 1 aromatic heterocycles. The SMILES string of the molecule is CCOC(=O)c1c(I)nn2c1N(Cc1cccc(C(F)(F)F)c1)C[C@H]2CC. The number of alkyl halides is 3. The minimum atomic E-state index is -4.39. The van der Waals surface area contributed by atoms with E-state index in [2.05, 4.69) is 5.10 Å². The van der Waals surface area contributed by atoms with Crippen LogP contribution in [0.1, 0.15) is 47.8 Å². The standard InChI is InChI=1S/C18H19F3IN3O2/c1-3-13-10-24(9-11-6-5-7-12(8-11)18(19,20)21)16-14(17(26)27-4-2)15(22)23-25(13)16/h5-8,13H,3-4,9-10H2,1-2H3/t13-/m1/s1. The molecule has 0 amide bonds. The number of anilines is 1. The lowest BCUT2D eigenvalue weighted by molar-refractivity contribution is -0.137. The first-order chi connectivity index (χ1) is 12.8. The molecule has 1 aromatic carbocycles. The number of esters is 1. The van der Waals surface area contributed by atoms with Gasteiger partial charge in [0.15, 0.2) is 0 Å². The van der Waals surface area contributed by atoms with Crippen molar-refractivity contribution in [2.75, 3.05) is 18.1 Å². The Labute approximate surface area is 168 Å². The molecule has 3 rings (SSSR count). The van der Waals surface area contributed by atoms with Crippen molar-refractivity contribution >= 4 is 34.4 Å². The van der Waals surface area contributed by atoms with Crippen LogP contribution in [0.4, 0.5) is 19.0 Å². The lowest BCUT2D eigenvalue weighted by Crippen LogP contribution is -2.24. The highest BCUT2D eigenvalue weighted by Crippen LogP contribution is 2.38. The number of benzene rings is 1. The topological polar surface area (TPSA) is 47.4 Å². The molecule has 0 saturated carbocycles. The van der Waals surface area contributed by atoms with Crippen LogP contribution in [0.3, 0.4) is 0 Å². The zero-order valence-corrected chi connectivity index (χ0v) is 17.0. The van der Waals surface area contributed by atoms with Crippen LogP contribution in [0.5, 0.6) is 0 Å². The van der Waals surface area contributed by atoms with Gasteiger partial charge in [0.05, 0.1) is 18.2 Å². The van der Waals surface area contributed by atoms with Gasteiger partial charge in [-0.2, -0.15) is 18.3 Å². The maximum absolute atomic E-state index is 13.0. The highest BCUT2D eigenvalue weighted by molar-refractivity contribution is 14.1. The number of halogens is 4. The molecule has 27 heavy (non-hydrogen) atoms. The lowest BCUT2D eigenvalue weighted by Gasteiger charge is -2.20. The molecular formula is C18H19F3IN3O2. The minimum Gasteiger partial charge on any atom is -0.462 e. The zero-order valence-electron chi connectivity index (χ0n) is 14.9. The van der Waals surface area contributed by atoms with E-state index in [1.165, 1.54) is 6.07 Å². The van der Waals surface area contributed by atoms with Crippen molar-refractivity contribution in [3.8, 4) is 0 Å². The van der Waals surface area contributed by atoms with Gasteiger partial charge in [-0.1, -0.05) is 19.1 Å². The first kappa shape index (κ1) is 20.0. The van der Waals surface area contributed by atoms with Gasteiger partial charge in [0, 0.05) is 13.1 Å². The summed E-state index contributed by atoms with van der Waals surface area (Å²) in [6.07, 6.45) is -3.59. The highest BCUT2D eigenvalue weighted by Gasteiger charge is 2.36. The zero-order chi connectivity index (χ0) is 19.8. The third-order valence-corrected chi connectivity index (χ3v) is 5.25. The smallest absolute Gasteiger partial charge is 0.416 e. The summed E-state index contributed by atoms with van der Waals surface area (Å²) in [4.78, 5) is 14.3. The van der Waals surface area contributed by atoms with E-state index in [1.54, 1.807) is 17.7 Å². The van der Waals surface area contributed by atoms with Crippen LogP contribution >= 0.6 is 22.6 Å². The Morgan fingerprint density at radius 1 is 1.37 bits per heavy atom. The molecule has 146 valence electrons. The van der Waals surface area contributed by atoms with Crippen LogP contribution in [0.15, 0.2) is 24.3 Å². The molecule has 9 heteroatoms. The van der Waals surface area contributed by atoms with Crippen molar-refractivity contribution in [3.05, 3.63) is 44.7 Å². The van der Waals surface area contributed by atoms with Crippen molar-refractivity contribution in [3.63, 3.8) is 0 Å². The Kier molecular flexibility index (Phi) is 5.68. The van der Waals surface area contributed by atoms with Crippen LogP contribution in [0, 0.1) is 3.70 Å². The molecule has 0 spiro atoms. The first-order valence-corrected chi connectivity index (χ1v) is 9.70. The van der Waals surface area contributed by atoms with Crippen molar-refractivity contribution in [2.24, 2.45) is 0 Å². The number of carbonyl (C=O) groups excluding carboxylic acids is 1. The predicted octanol–water partition coefficient (Wildman–Crippen LogP) is 4.65. The number of carbonyl (C=O) groups is 1. The fraction of sp³-hybridized carbons (Fsp3) is 0.444. The molecule has 0 fully saturated rings. The molecule has 1 aliphatic heterocycles. The van der Waals surface area contributed by atoms with E-state index in [-0.39, 0.29) is 19.2 Å². The number of nitrogens with zero attached hydrogens (tertiary/aromatic N) is 3. The monoisotopic (exact) mass is 493 g/mol. The molecule has 1 aliphatic rings. The molecule has 2 aromatic rings. The van der Waals surface area contributed by atoms with Crippen LogP contribution in [-0.4, -0.2) is 28.9 Å². The fourth-order valence-electron chi connectivity index (χ4n) is 3.26. The Bertz CT molecular complexity index is 851. The molecule has 0 bridgehead atoms. The Hall–Kier alpha value is -1.78. The number of rotatable bonds is 5. The molecule has 0 unspecified atom stereocenters. The second-order valence-corrected chi connectivity index (χ2v) is 7.32. The van der Waals surface area contributed by atoms with E-state index in [1.807, 2.05) is 34.4 Å². The van der Waals surface area contributed by atoms with Crippen LogP contribution < -0.4 is 4.90 Å². The van der Waals surface area contributed by atoms with Crippen molar-refractivity contribution in [1.29, 1.82) is 0 Å². The van der Waals surface area contributed by atoms with Crippen molar-refractivity contribution in [2.45, 2.75) is 39.0 Å². The summed E-state index contributed by atoms with van der Waals surface area (Å²) in [6.45, 7) is 4.82. The van der Waals surface area contributed by atoms with Crippen LogP contribution in [-0.2, 0) is 17.5 Å². The molecular weight excluding hydrogens is 474 g/mol. The van der Waals surface area contributed by atoms with Gasteiger partial charge in [-0.25, -0.2) is 9.48 Å². The van der Waals surface area contributed by atoms with E-state index in [9.17, 15) is 18.0 Å². The Morgan fingerprint density at radius 3 is 2.74 bits per heavy atom. The first-order valence-electron chi connectivity index (χ1n) is 8.62. The maximum Gasteiger partial charge on any atom is 0.416 e. The van der Waals surface area contributed by atoms with Crippen LogP contribution in [0.25, 0.3) is 0 Å². The summed E-state index contributed by atoms with van der Waals surface area (Å²) in [5.41, 5.74) is 0.222. The molecule has 1 atom stereocenters. The molecule has 0 saturated heterocycles. The maximum atomic E-state index is 13.0. The van der Waals surface area contributed by atoms with Crippen molar-refractivity contribution in [1.82, 2.24) is 9.78 Å². The van der Waals surface area contributed by atoms with Crippen molar-refractivity contribution < 1.29 is 22.7 Å². The molecule has 0 aliphatic carbocycles. The second-order valence-electron chi connectivity index (χ2n) is 6.30. The van der Waals surface area contributed by atoms with E-state index in [0.717, 1.165) is 18.6 Å². The van der Waals surface area contributed by atoms with Gasteiger partial charge in [0.1, 0.15) is 15.1 Å². The number of aromatic nitrogens is 2. The number of ether oxygens (including phenoxy) is 1. The molecule has 2 heterocycles. The summed E-state index contributed by atoms with van der Waals surface area (Å²) >= 11 is 1.99. The van der Waals surface area contributed by atoms with Crippen LogP contribution in [0.2, 0.25) is 0 Å². The fourth-order valence-corrected chi connectivity index (χ4v) is 3.96. The van der Waals surface area contributed by atoms with E-state index >= 15 is 0 Å². The normalized spacial score (nSPS) is 16.5. The largest absolute Gasteiger partial charge is 0.462 e. The van der Waals surface area contributed by atoms with E-state index < -0.39 is 17.7 Å². The highest BCUT2D eigenvalue weighted by atomic mass is 127. The van der Waals surface area contributed by atoms with Gasteiger partial charge in [-0.15, -0.1) is 0 Å². The van der Waals surface area contributed by atoms with Gasteiger partial charge in [0.2, 0.25) is 0 Å². The summed E-state index contributed by atoms with van der Waals surface area (Å²) in [5.74, 6) is 0.149. The van der Waals surface area contributed by atoms with Gasteiger partial charge < -0.3 is 9.64 Å². The van der Waals surface area contributed by atoms with E-state index in [0.29, 0.717) is 27.2 Å². The quantitative estimate of drug-likeness (QED) is 0.450. The summed E-state index contributed by atoms with van der Waals surface area (Å²) in [6, 6.07) is 5.32.